The van der Waals surface area contributed by atoms with Crippen LogP contribution in [0.2, 0.25) is 0 Å². The van der Waals surface area contributed by atoms with Crippen molar-refractivity contribution in [2.24, 2.45) is 10.8 Å². The van der Waals surface area contributed by atoms with Crippen LogP contribution in [-0.4, -0.2) is 46.5 Å². The van der Waals surface area contributed by atoms with Gasteiger partial charge >= 0.3 is 0 Å². The van der Waals surface area contributed by atoms with Crippen LogP contribution >= 0.6 is 12.4 Å². The summed E-state index contributed by atoms with van der Waals surface area (Å²) in [5.41, 5.74) is 11.2. The normalized spacial score (nSPS) is 15.4. The molecule has 0 aliphatic carbocycles. The summed E-state index contributed by atoms with van der Waals surface area (Å²) in [4.78, 5) is 4.74. The molecule has 1 saturated heterocycles. The molecule has 0 spiro atoms. The van der Waals surface area contributed by atoms with Crippen molar-refractivity contribution in [3.05, 3.63) is 60.2 Å². The van der Waals surface area contributed by atoms with Crippen molar-refractivity contribution >= 4 is 45.8 Å². The van der Waals surface area contributed by atoms with Crippen LogP contribution in [0.3, 0.4) is 0 Å². The number of fused-ring (bicyclic) bond motifs is 5. The number of hydrazone groups is 1. The number of rotatable bonds is 2. The third kappa shape index (κ3) is 3.07. The first-order valence-corrected chi connectivity index (χ1v) is 8.77. The van der Waals surface area contributed by atoms with E-state index >= 15 is 0 Å². The van der Waals surface area contributed by atoms with Gasteiger partial charge in [0.25, 0.3) is 0 Å². The molecule has 0 atom stereocenters. The molecule has 3 heterocycles. The summed E-state index contributed by atoms with van der Waals surface area (Å²) in [6, 6.07) is 18.5. The highest BCUT2D eigenvalue weighted by molar-refractivity contribution is 6.01. The van der Waals surface area contributed by atoms with E-state index in [9.17, 15) is 0 Å². The Bertz CT molecular complexity index is 1150. The van der Waals surface area contributed by atoms with Crippen molar-refractivity contribution in [1.82, 2.24) is 14.4 Å². The maximum Gasteiger partial charge on any atom is 0.150 e. The van der Waals surface area contributed by atoms with E-state index in [2.05, 4.69) is 33.8 Å². The lowest BCUT2D eigenvalue weighted by Crippen LogP contribution is -2.34. The first-order valence-electron chi connectivity index (χ1n) is 8.77. The smallest absolute Gasteiger partial charge is 0.150 e. The van der Waals surface area contributed by atoms with Crippen molar-refractivity contribution in [3.63, 3.8) is 0 Å². The van der Waals surface area contributed by atoms with Gasteiger partial charge in [0.1, 0.15) is 5.65 Å². The molecule has 7 heteroatoms. The van der Waals surface area contributed by atoms with Gasteiger partial charge in [0.15, 0.2) is 5.84 Å². The molecule has 27 heavy (non-hydrogen) atoms. The first kappa shape index (κ1) is 17.6. The number of para-hydroxylation sites is 1. The van der Waals surface area contributed by atoms with E-state index in [0.29, 0.717) is 19.0 Å². The highest BCUT2D eigenvalue weighted by atomic mass is 35.5. The SMILES string of the molecule is Cl.N/C(=N/N1CCOCC1)c1ccc2nc3ccc4ccccc4n3c2c1. The van der Waals surface area contributed by atoms with Crippen LogP contribution in [0, 0.1) is 0 Å². The highest BCUT2D eigenvalue weighted by Crippen LogP contribution is 2.24. The number of imidazole rings is 1. The molecule has 0 radical (unpaired) electrons. The molecule has 138 valence electrons. The van der Waals surface area contributed by atoms with E-state index in [1.807, 2.05) is 35.3 Å². The molecule has 0 amide bonds. The number of amidine groups is 1. The number of nitrogens with two attached hydrogens (primary N) is 1. The van der Waals surface area contributed by atoms with Crippen LogP contribution in [0.25, 0.3) is 27.6 Å². The van der Waals surface area contributed by atoms with Gasteiger partial charge in [0, 0.05) is 5.56 Å². The number of aromatic nitrogens is 2. The van der Waals surface area contributed by atoms with Crippen molar-refractivity contribution in [3.8, 4) is 0 Å². The van der Waals surface area contributed by atoms with E-state index in [0.717, 1.165) is 40.9 Å². The fourth-order valence-corrected chi connectivity index (χ4v) is 3.48. The predicted octanol–water partition coefficient (Wildman–Crippen LogP) is 3.02. The monoisotopic (exact) mass is 381 g/mol. The predicted molar refractivity (Wildman–Crippen MR) is 111 cm³/mol. The fourth-order valence-electron chi connectivity index (χ4n) is 3.48. The van der Waals surface area contributed by atoms with Crippen LogP contribution in [0.1, 0.15) is 5.56 Å². The number of nitrogens with zero attached hydrogens (tertiary/aromatic N) is 4. The average Bonchev–Trinajstić information content (AvgIpc) is 3.07. The summed E-state index contributed by atoms with van der Waals surface area (Å²) in [5.74, 6) is 0.518. The standard InChI is InChI=1S/C20H19N5O.ClH/c21-20(23-24-9-11-26-12-10-24)15-5-7-16-18(13-15)25-17-4-2-1-3-14(17)6-8-19(25)22-16;/h1-8,13H,9-12H2,(H2,21,23);1H. The van der Waals surface area contributed by atoms with E-state index in [-0.39, 0.29) is 12.4 Å². The number of benzene rings is 2. The van der Waals surface area contributed by atoms with Crippen molar-refractivity contribution in [2.75, 3.05) is 26.3 Å². The zero-order valence-electron chi connectivity index (χ0n) is 14.7. The summed E-state index contributed by atoms with van der Waals surface area (Å²) in [6.07, 6.45) is 0. The van der Waals surface area contributed by atoms with Crippen LogP contribution in [-0.2, 0) is 4.74 Å². The number of pyridine rings is 1. The topological polar surface area (TPSA) is 68.1 Å². The van der Waals surface area contributed by atoms with Gasteiger partial charge in [-0.15, -0.1) is 12.4 Å². The molecule has 2 N–H and O–H groups in total. The number of halogens is 1. The number of hydrogen-bond acceptors (Lipinski definition) is 4. The van der Waals surface area contributed by atoms with Crippen molar-refractivity contribution < 1.29 is 4.74 Å². The second-order valence-corrected chi connectivity index (χ2v) is 6.45. The maximum absolute atomic E-state index is 6.28. The van der Waals surface area contributed by atoms with E-state index < -0.39 is 0 Å². The van der Waals surface area contributed by atoms with E-state index in [1.165, 1.54) is 5.39 Å². The number of ether oxygens (including phenoxy) is 1. The minimum atomic E-state index is 0. The largest absolute Gasteiger partial charge is 0.382 e. The Morgan fingerprint density at radius 2 is 1.81 bits per heavy atom. The second kappa shape index (κ2) is 7.06. The summed E-state index contributed by atoms with van der Waals surface area (Å²) in [7, 11) is 0. The molecule has 2 aromatic carbocycles. The second-order valence-electron chi connectivity index (χ2n) is 6.45. The van der Waals surface area contributed by atoms with Gasteiger partial charge in [-0.25, -0.2) is 4.98 Å². The summed E-state index contributed by atoms with van der Waals surface area (Å²) in [5, 5.41) is 7.70. The zero-order valence-corrected chi connectivity index (χ0v) is 15.5. The van der Waals surface area contributed by atoms with Crippen LogP contribution in [0.5, 0.6) is 0 Å². The third-order valence-corrected chi connectivity index (χ3v) is 4.80. The Balaban J connectivity index is 0.00000180. The average molecular weight is 382 g/mol. The Kier molecular flexibility index (Phi) is 4.59. The van der Waals surface area contributed by atoms with Crippen LogP contribution in [0.15, 0.2) is 59.7 Å². The van der Waals surface area contributed by atoms with Crippen LogP contribution in [0.4, 0.5) is 0 Å². The summed E-state index contributed by atoms with van der Waals surface area (Å²) >= 11 is 0. The Hall–Kier alpha value is -2.83. The van der Waals surface area contributed by atoms with Gasteiger partial charge in [-0.1, -0.05) is 18.2 Å². The number of hydrogen-bond donors (Lipinski definition) is 1. The van der Waals surface area contributed by atoms with Crippen molar-refractivity contribution in [2.45, 2.75) is 0 Å². The van der Waals surface area contributed by atoms with Gasteiger partial charge < -0.3 is 10.5 Å². The summed E-state index contributed by atoms with van der Waals surface area (Å²) < 4.78 is 7.54. The molecule has 0 saturated carbocycles. The van der Waals surface area contributed by atoms with Gasteiger partial charge in [0.2, 0.25) is 0 Å². The lowest BCUT2D eigenvalue weighted by molar-refractivity contribution is 0.0393. The Morgan fingerprint density at radius 3 is 2.67 bits per heavy atom. The molecule has 1 fully saturated rings. The van der Waals surface area contributed by atoms with Crippen molar-refractivity contribution in [1.29, 1.82) is 0 Å². The van der Waals surface area contributed by atoms with Gasteiger partial charge in [-0.05, 0) is 41.8 Å². The summed E-state index contributed by atoms with van der Waals surface area (Å²) in [6.45, 7) is 2.91. The third-order valence-electron chi connectivity index (χ3n) is 4.80. The molecule has 1 aliphatic rings. The van der Waals surface area contributed by atoms with Gasteiger partial charge in [0.05, 0.1) is 42.9 Å². The lowest BCUT2D eigenvalue weighted by Gasteiger charge is -2.24. The molecule has 5 rings (SSSR count). The van der Waals surface area contributed by atoms with E-state index in [4.69, 9.17) is 15.5 Å². The molecule has 2 aromatic heterocycles. The minimum absolute atomic E-state index is 0. The van der Waals surface area contributed by atoms with E-state index in [1.54, 1.807) is 0 Å². The number of morpholine rings is 1. The Morgan fingerprint density at radius 1 is 1.00 bits per heavy atom. The molecule has 4 aromatic rings. The van der Waals surface area contributed by atoms with Gasteiger partial charge in [-0.3, -0.25) is 9.41 Å². The highest BCUT2D eigenvalue weighted by Gasteiger charge is 2.12. The maximum atomic E-state index is 6.28. The molecular formula is C20H20ClN5O. The Labute approximate surface area is 162 Å². The fraction of sp³-hybridized carbons (Fsp3) is 0.200. The molecule has 1 aliphatic heterocycles. The van der Waals surface area contributed by atoms with Gasteiger partial charge in [-0.2, -0.15) is 5.10 Å². The molecule has 6 nitrogen and oxygen atoms in total. The molecule has 0 bridgehead atoms. The first-order chi connectivity index (χ1) is 12.8. The quantitative estimate of drug-likeness (QED) is 0.428. The zero-order chi connectivity index (χ0) is 17.5. The molecule has 0 unspecified atom stereocenters. The lowest BCUT2D eigenvalue weighted by atomic mass is 10.1. The molecular weight excluding hydrogens is 362 g/mol. The minimum Gasteiger partial charge on any atom is -0.382 e. The van der Waals surface area contributed by atoms with Crippen LogP contribution < -0.4 is 5.73 Å².